The Labute approximate surface area is 170 Å². The van der Waals surface area contributed by atoms with Crippen LogP contribution >= 0.6 is 0 Å². The number of hydrogen-bond acceptors (Lipinski definition) is 2. The summed E-state index contributed by atoms with van der Waals surface area (Å²) in [7, 11) is 0. The van der Waals surface area contributed by atoms with Crippen LogP contribution in [0.25, 0.3) is 15.7 Å². The first-order chi connectivity index (χ1) is 13.9. The van der Waals surface area contributed by atoms with Gasteiger partial charge in [-0.25, -0.2) is 4.85 Å². The minimum absolute atomic E-state index is 0.136. The molecular weight excluding hydrogens is 364 g/mol. The Morgan fingerprint density at radius 3 is 2.59 bits per heavy atom. The van der Waals surface area contributed by atoms with E-state index in [4.69, 9.17) is 6.57 Å². The first-order valence-corrected chi connectivity index (χ1v) is 9.89. The average molecular weight is 390 g/mol. The third-order valence-corrected chi connectivity index (χ3v) is 5.45. The van der Waals surface area contributed by atoms with Crippen LogP contribution in [0.15, 0.2) is 35.3 Å². The number of aryl methyl sites for hydroxylation is 2. The Hall–Kier alpha value is -3.33. The van der Waals surface area contributed by atoms with Crippen LogP contribution in [0.1, 0.15) is 59.9 Å². The predicted molar refractivity (Wildman–Crippen MR) is 116 cm³/mol. The van der Waals surface area contributed by atoms with E-state index in [1.807, 2.05) is 38.2 Å². The highest BCUT2D eigenvalue weighted by atomic mass is 16.1. The fourth-order valence-corrected chi connectivity index (χ4v) is 3.87. The lowest BCUT2D eigenvalue weighted by Crippen LogP contribution is -2.28. The van der Waals surface area contributed by atoms with Crippen molar-refractivity contribution >= 4 is 22.5 Å². The second kappa shape index (κ2) is 8.36. The minimum Gasteiger partial charge on any atom is -0.348 e. The molecule has 29 heavy (non-hydrogen) atoms. The Morgan fingerprint density at radius 1 is 1.24 bits per heavy atom. The van der Waals surface area contributed by atoms with E-state index < -0.39 is 0 Å². The molecule has 0 aliphatic heterocycles. The van der Waals surface area contributed by atoms with Crippen molar-refractivity contribution in [1.29, 1.82) is 0 Å². The number of rotatable bonds is 6. The molecule has 3 aromatic rings. The van der Waals surface area contributed by atoms with Gasteiger partial charge in [-0.15, -0.1) is 0 Å². The van der Waals surface area contributed by atoms with Crippen LogP contribution in [0.3, 0.4) is 0 Å². The van der Waals surface area contributed by atoms with Crippen molar-refractivity contribution in [3.05, 3.63) is 74.6 Å². The number of H-pyrrole nitrogens is 1. The quantitative estimate of drug-likeness (QED) is 0.594. The number of nitrogens with zero attached hydrogens (tertiary/aromatic N) is 2. The Bertz CT molecular complexity index is 1160. The van der Waals surface area contributed by atoms with Crippen molar-refractivity contribution in [2.75, 3.05) is 0 Å². The van der Waals surface area contributed by atoms with Gasteiger partial charge < -0.3 is 14.9 Å². The van der Waals surface area contributed by atoms with Crippen LogP contribution in [-0.2, 0) is 6.54 Å². The molecule has 0 unspecified atom stereocenters. The maximum Gasteiger partial charge on any atom is 0.253 e. The third kappa shape index (κ3) is 3.95. The number of aromatic nitrogens is 2. The Balaban J connectivity index is 1.98. The molecule has 2 aromatic heterocycles. The highest BCUT2D eigenvalue weighted by Crippen LogP contribution is 2.30. The van der Waals surface area contributed by atoms with E-state index >= 15 is 0 Å². The monoisotopic (exact) mass is 390 g/mol. The molecule has 0 saturated heterocycles. The topological polar surface area (TPSA) is 71.2 Å². The number of carbonyl (C=O) groups excluding carboxylic acids is 1. The lowest BCUT2D eigenvalue weighted by Gasteiger charge is -2.17. The normalized spacial score (nSPS) is 11.0. The van der Waals surface area contributed by atoms with Gasteiger partial charge in [-0.05, 0) is 56.5 Å². The van der Waals surface area contributed by atoms with Crippen molar-refractivity contribution < 1.29 is 4.79 Å². The Kier molecular flexibility index (Phi) is 5.88. The summed E-state index contributed by atoms with van der Waals surface area (Å²) in [5, 5.41) is 3.67. The van der Waals surface area contributed by atoms with Gasteiger partial charge in [0.2, 0.25) is 0 Å². The first-order valence-electron chi connectivity index (χ1n) is 9.89. The SMILES string of the molecule is [C-]#[N+]c1cc(C(=O)NCc2c(C)cc(C)[nH]c2=O)c2ccn(C(CC)CC)c2c1. The highest BCUT2D eigenvalue weighted by Gasteiger charge is 2.17. The van der Waals surface area contributed by atoms with Gasteiger partial charge in [-0.1, -0.05) is 13.8 Å². The van der Waals surface area contributed by atoms with Gasteiger partial charge in [0.25, 0.3) is 11.5 Å². The Morgan fingerprint density at radius 2 is 1.97 bits per heavy atom. The molecule has 2 heterocycles. The lowest BCUT2D eigenvalue weighted by molar-refractivity contribution is 0.0952. The van der Waals surface area contributed by atoms with Crippen molar-refractivity contribution in [2.24, 2.45) is 0 Å². The average Bonchev–Trinajstić information content (AvgIpc) is 3.11. The first kappa shape index (κ1) is 20.4. The molecule has 0 atom stereocenters. The number of fused-ring (bicyclic) bond motifs is 1. The van der Waals surface area contributed by atoms with Gasteiger partial charge in [-0.2, -0.15) is 0 Å². The van der Waals surface area contributed by atoms with E-state index in [-0.39, 0.29) is 18.0 Å². The zero-order valence-electron chi connectivity index (χ0n) is 17.3. The van der Waals surface area contributed by atoms with Gasteiger partial charge in [0.05, 0.1) is 6.57 Å². The molecular formula is C23H26N4O2. The van der Waals surface area contributed by atoms with Crippen molar-refractivity contribution in [2.45, 2.75) is 53.1 Å². The van der Waals surface area contributed by atoms with E-state index in [1.54, 1.807) is 6.07 Å². The number of hydrogen-bond donors (Lipinski definition) is 2. The molecule has 0 aliphatic rings. The summed E-state index contributed by atoms with van der Waals surface area (Å²) in [4.78, 5) is 31.5. The fraction of sp³-hybridized carbons (Fsp3) is 0.348. The van der Waals surface area contributed by atoms with E-state index in [0.29, 0.717) is 22.9 Å². The number of amides is 1. The molecule has 6 heteroatoms. The van der Waals surface area contributed by atoms with E-state index in [9.17, 15) is 9.59 Å². The van der Waals surface area contributed by atoms with E-state index in [0.717, 1.165) is 35.0 Å². The molecule has 0 spiro atoms. The zero-order chi connectivity index (χ0) is 21.1. The standard InChI is InChI=1S/C23H26N4O2/c1-6-17(7-2)27-9-8-18-19(11-16(24-5)12-21(18)27)22(28)25-13-20-14(3)10-15(4)26-23(20)29/h8-12,17H,6-7,13H2,1-4H3,(H,25,28)(H,26,29). The van der Waals surface area contributed by atoms with Gasteiger partial charge in [0.1, 0.15) is 0 Å². The number of nitrogens with one attached hydrogen (secondary N) is 2. The van der Waals surface area contributed by atoms with E-state index in [2.05, 4.69) is 33.6 Å². The maximum atomic E-state index is 13.0. The van der Waals surface area contributed by atoms with Crippen LogP contribution in [0, 0.1) is 20.4 Å². The number of benzene rings is 1. The summed E-state index contributed by atoms with van der Waals surface area (Å²) < 4.78 is 2.15. The maximum absolute atomic E-state index is 13.0. The number of aromatic amines is 1. The van der Waals surface area contributed by atoms with Crippen LogP contribution in [0.2, 0.25) is 0 Å². The number of carbonyl (C=O) groups is 1. The smallest absolute Gasteiger partial charge is 0.253 e. The summed E-state index contributed by atoms with van der Waals surface area (Å²) in [6.45, 7) is 15.5. The van der Waals surface area contributed by atoms with E-state index in [1.165, 1.54) is 0 Å². The fourth-order valence-electron chi connectivity index (χ4n) is 3.87. The summed E-state index contributed by atoms with van der Waals surface area (Å²) in [5.74, 6) is -0.290. The van der Waals surface area contributed by atoms with Gasteiger partial charge in [0, 0.05) is 46.5 Å². The van der Waals surface area contributed by atoms with Crippen molar-refractivity contribution in [3.8, 4) is 0 Å². The minimum atomic E-state index is -0.290. The van der Waals surface area contributed by atoms with Crippen molar-refractivity contribution in [3.63, 3.8) is 0 Å². The second-order valence-corrected chi connectivity index (χ2v) is 7.36. The molecule has 0 saturated carbocycles. The molecule has 0 aliphatic carbocycles. The summed E-state index contributed by atoms with van der Waals surface area (Å²) >= 11 is 0. The van der Waals surface area contributed by atoms with Crippen molar-refractivity contribution in [1.82, 2.24) is 14.9 Å². The summed E-state index contributed by atoms with van der Waals surface area (Å²) in [6, 6.07) is 7.59. The molecule has 1 aromatic carbocycles. The van der Waals surface area contributed by atoms with Gasteiger partial charge in [0.15, 0.2) is 5.69 Å². The second-order valence-electron chi connectivity index (χ2n) is 7.36. The molecule has 150 valence electrons. The third-order valence-electron chi connectivity index (χ3n) is 5.45. The van der Waals surface area contributed by atoms with Crippen LogP contribution in [0.5, 0.6) is 0 Å². The zero-order valence-corrected chi connectivity index (χ0v) is 17.3. The molecule has 3 rings (SSSR count). The summed E-state index contributed by atoms with van der Waals surface area (Å²) in [6.07, 6.45) is 3.93. The molecule has 0 bridgehead atoms. The molecule has 0 fully saturated rings. The van der Waals surface area contributed by atoms with Crippen LogP contribution in [0.4, 0.5) is 5.69 Å². The summed E-state index contributed by atoms with van der Waals surface area (Å²) in [5.41, 5.74) is 3.75. The number of pyridine rings is 1. The van der Waals surface area contributed by atoms with Gasteiger partial charge >= 0.3 is 0 Å². The highest BCUT2D eigenvalue weighted by molar-refractivity contribution is 6.08. The predicted octanol–water partition coefficient (Wildman–Crippen LogP) is 4.79. The molecule has 6 nitrogen and oxygen atoms in total. The lowest BCUT2D eigenvalue weighted by atomic mass is 10.1. The molecule has 0 radical (unpaired) electrons. The van der Waals surface area contributed by atoms with Gasteiger partial charge in [-0.3, -0.25) is 9.59 Å². The molecule has 2 N–H and O–H groups in total. The van der Waals surface area contributed by atoms with Crippen LogP contribution < -0.4 is 10.9 Å². The van der Waals surface area contributed by atoms with Crippen LogP contribution in [-0.4, -0.2) is 15.5 Å². The molecule has 1 amide bonds. The largest absolute Gasteiger partial charge is 0.348 e.